The SMILES string of the molecule is Cc1ccc(NCC(N)C(C)O)c([N+](=O)[O-])c1. The summed E-state index contributed by atoms with van der Waals surface area (Å²) in [5.41, 5.74) is 6.89. The molecule has 0 amide bonds. The Morgan fingerprint density at radius 2 is 2.24 bits per heavy atom. The lowest BCUT2D eigenvalue weighted by Crippen LogP contribution is -2.38. The Balaban J connectivity index is 2.80. The van der Waals surface area contributed by atoms with E-state index in [1.165, 1.54) is 6.07 Å². The summed E-state index contributed by atoms with van der Waals surface area (Å²) in [6.45, 7) is 3.65. The molecule has 2 atom stereocenters. The number of hydrogen-bond acceptors (Lipinski definition) is 5. The zero-order valence-corrected chi connectivity index (χ0v) is 9.88. The van der Waals surface area contributed by atoms with Gasteiger partial charge in [0, 0.05) is 18.7 Å². The summed E-state index contributed by atoms with van der Waals surface area (Å²) in [7, 11) is 0. The monoisotopic (exact) mass is 239 g/mol. The van der Waals surface area contributed by atoms with E-state index >= 15 is 0 Å². The molecular weight excluding hydrogens is 222 g/mol. The molecule has 0 aliphatic carbocycles. The molecule has 0 aliphatic rings. The van der Waals surface area contributed by atoms with Gasteiger partial charge in [0.15, 0.2) is 0 Å². The molecular formula is C11H17N3O3. The van der Waals surface area contributed by atoms with Crippen LogP contribution in [0.3, 0.4) is 0 Å². The number of aryl methyl sites for hydroxylation is 1. The molecule has 0 heterocycles. The van der Waals surface area contributed by atoms with E-state index in [-0.39, 0.29) is 12.2 Å². The Kier molecular flexibility index (Phi) is 4.42. The molecule has 17 heavy (non-hydrogen) atoms. The van der Waals surface area contributed by atoms with Crippen LogP contribution < -0.4 is 11.1 Å². The fourth-order valence-electron chi connectivity index (χ4n) is 1.34. The van der Waals surface area contributed by atoms with Crippen LogP contribution in [-0.2, 0) is 0 Å². The second-order valence-corrected chi connectivity index (χ2v) is 4.06. The van der Waals surface area contributed by atoms with E-state index in [4.69, 9.17) is 5.73 Å². The summed E-state index contributed by atoms with van der Waals surface area (Å²) in [5.74, 6) is 0. The smallest absolute Gasteiger partial charge is 0.292 e. The van der Waals surface area contributed by atoms with E-state index in [9.17, 15) is 15.2 Å². The minimum absolute atomic E-state index is 0.0165. The molecule has 0 spiro atoms. The van der Waals surface area contributed by atoms with Crippen LogP contribution in [0.15, 0.2) is 18.2 Å². The maximum Gasteiger partial charge on any atom is 0.292 e. The third kappa shape index (κ3) is 3.69. The summed E-state index contributed by atoms with van der Waals surface area (Å²) in [6, 6.07) is 4.46. The minimum Gasteiger partial charge on any atom is -0.392 e. The highest BCUT2D eigenvalue weighted by Gasteiger charge is 2.15. The van der Waals surface area contributed by atoms with E-state index in [0.717, 1.165) is 5.56 Å². The first-order valence-corrected chi connectivity index (χ1v) is 5.34. The number of nitrogens with two attached hydrogens (primary N) is 1. The first-order valence-electron chi connectivity index (χ1n) is 5.34. The van der Waals surface area contributed by atoms with Crippen molar-refractivity contribution >= 4 is 11.4 Å². The Morgan fingerprint density at radius 3 is 2.76 bits per heavy atom. The van der Waals surface area contributed by atoms with E-state index in [1.54, 1.807) is 26.0 Å². The van der Waals surface area contributed by atoms with Gasteiger partial charge in [-0.2, -0.15) is 0 Å². The van der Waals surface area contributed by atoms with Gasteiger partial charge in [-0.1, -0.05) is 6.07 Å². The largest absolute Gasteiger partial charge is 0.392 e. The van der Waals surface area contributed by atoms with Crippen LogP contribution in [0.4, 0.5) is 11.4 Å². The number of anilines is 1. The maximum atomic E-state index is 10.8. The molecule has 4 N–H and O–H groups in total. The number of rotatable bonds is 5. The van der Waals surface area contributed by atoms with E-state index in [1.807, 2.05) is 0 Å². The third-order valence-electron chi connectivity index (χ3n) is 2.50. The van der Waals surface area contributed by atoms with Gasteiger partial charge < -0.3 is 16.2 Å². The highest BCUT2D eigenvalue weighted by molar-refractivity contribution is 5.62. The first kappa shape index (κ1) is 13.4. The molecule has 0 radical (unpaired) electrons. The second kappa shape index (κ2) is 5.60. The molecule has 6 nitrogen and oxygen atoms in total. The van der Waals surface area contributed by atoms with Crippen LogP contribution in [0.1, 0.15) is 12.5 Å². The lowest BCUT2D eigenvalue weighted by atomic mass is 10.1. The molecule has 0 aromatic heterocycles. The van der Waals surface area contributed by atoms with Crippen molar-refractivity contribution in [2.75, 3.05) is 11.9 Å². The van der Waals surface area contributed by atoms with Gasteiger partial charge in [-0.05, 0) is 25.5 Å². The molecule has 0 aliphatic heterocycles. The highest BCUT2D eigenvalue weighted by Crippen LogP contribution is 2.25. The van der Waals surface area contributed by atoms with E-state index < -0.39 is 17.1 Å². The average Bonchev–Trinajstić information content (AvgIpc) is 2.26. The summed E-state index contributed by atoms with van der Waals surface area (Å²) in [5, 5.41) is 22.9. The van der Waals surface area contributed by atoms with Gasteiger partial charge in [0.25, 0.3) is 5.69 Å². The predicted octanol–water partition coefficient (Wildman–Crippen LogP) is 1.02. The lowest BCUT2D eigenvalue weighted by molar-refractivity contribution is -0.384. The van der Waals surface area contributed by atoms with Crippen molar-refractivity contribution in [1.82, 2.24) is 0 Å². The first-order chi connectivity index (χ1) is 7.91. The summed E-state index contributed by atoms with van der Waals surface area (Å²) in [4.78, 5) is 10.4. The van der Waals surface area contributed by atoms with E-state index in [2.05, 4.69) is 5.32 Å². The molecule has 0 fully saturated rings. The number of benzene rings is 1. The quantitative estimate of drug-likeness (QED) is 0.526. The standard InChI is InChI=1S/C11H17N3O3/c1-7-3-4-10(11(5-7)14(16)17)13-6-9(12)8(2)15/h3-5,8-9,13,15H,6,12H2,1-2H3. The number of aliphatic hydroxyl groups is 1. The number of nitrogens with one attached hydrogen (secondary N) is 1. The van der Waals surface area contributed by atoms with Gasteiger partial charge in [-0.25, -0.2) is 0 Å². The zero-order chi connectivity index (χ0) is 13.0. The Bertz CT molecular complexity index is 407. The highest BCUT2D eigenvalue weighted by atomic mass is 16.6. The Morgan fingerprint density at radius 1 is 1.59 bits per heavy atom. The van der Waals surface area contributed by atoms with Gasteiger partial charge in [-0.15, -0.1) is 0 Å². The van der Waals surface area contributed by atoms with Crippen LogP contribution in [0.25, 0.3) is 0 Å². The number of nitrogens with zero attached hydrogens (tertiary/aromatic N) is 1. The molecule has 1 aromatic rings. The molecule has 0 saturated carbocycles. The topological polar surface area (TPSA) is 101 Å². The van der Waals surface area contributed by atoms with Crippen molar-refractivity contribution in [1.29, 1.82) is 0 Å². The second-order valence-electron chi connectivity index (χ2n) is 4.06. The summed E-state index contributed by atoms with van der Waals surface area (Å²) >= 11 is 0. The van der Waals surface area contributed by atoms with Crippen molar-refractivity contribution in [3.05, 3.63) is 33.9 Å². The third-order valence-corrected chi connectivity index (χ3v) is 2.50. The molecule has 94 valence electrons. The Labute approximate surface area is 99.6 Å². The molecule has 1 rings (SSSR count). The fourth-order valence-corrected chi connectivity index (χ4v) is 1.34. The number of hydrogen-bond donors (Lipinski definition) is 3. The number of nitro groups is 1. The molecule has 1 aromatic carbocycles. The number of nitro benzene ring substituents is 1. The average molecular weight is 239 g/mol. The summed E-state index contributed by atoms with van der Waals surface area (Å²) in [6.07, 6.45) is -0.660. The van der Waals surface area contributed by atoms with Gasteiger partial charge in [0.05, 0.1) is 11.0 Å². The van der Waals surface area contributed by atoms with Crippen molar-refractivity contribution in [2.45, 2.75) is 26.0 Å². The lowest BCUT2D eigenvalue weighted by Gasteiger charge is -2.16. The van der Waals surface area contributed by atoms with Crippen LogP contribution >= 0.6 is 0 Å². The predicted molar refractivity (Wildman–Crippen MR) is 66.0 cm³/mol. The van der Waals surface area contributed by atoms with E-state index in [0.29, 0.717) is 5.69 Å². The zero-order valence-electron chi connectivity index (χ0n) is 9.88. The Hall–Kier alpha value is -1.66. The van der Waals surface area contributed by atoms with Crippen LogP contribution in [-0.4, -0.2) is 28.7 Å². The normalized spacial score (nSPS) is 14.1. The van der Waals surface area contributed by atoms with Crippen molar-refractivity contribution < 1.29 is 10.0 Å². The molecule has 0 saturated heterocycles. The maximum absolute atomic E-state index is 10.8. The molecule has 6 heteroatoms. The fraction of sp³-hybridized carbons (Fsp3) is 0.455. The van der Waals surface area contributed by atoms with Gasteiger partial charge in [0.2, 0.25) is 0 Å². The van der Waals surface area contributed by atoms with Crippen molar-refractivity contribution in [3.8, 4) is 0 Å². The van der Waals surface area contributed by atoms with Gasteiger partial charge in [0.1, 0.15) is 5.69 Å². The minimum atomic E-state index is -0.660. The van der Waals surface area contributed by atoms with Gasteiger partial charge in [-0.3, -0.25) is 10.1 Å². The number of aliphatic hydroxyl groups excluding tert-OH is 1. The summed E-state index contributed by atoms with van der Waals surface area (Å²) < 4.78 is 0. The van der Waals surface area contributed by atoms with Crippen LogP contribution in [0.2, 0.25) is 0 Å². The molecule has 2 unspecified atom stereocenters. The van der Waals surface area contributed by atoms with Crippen LogP contribution in [0, 0.1) is 17.0 Å². The molecule has 0 bridgehead atoms. The van der Waals surface area contributed by atoms with Crippen molar-refractivity contribution in [2.24, 2.45) is 5.73 Å². The van der Waals surface area contributed by atoms with Crippen LogP contribution in [0.5, 0.6) is 0 Å². The van der Waals surface area contributed by atoms with Gasteiger partial charge >= 0.3 is 0 Å². The van der Waals surface area contributed by atoms with Crippen molar-refractivity contribution in [3.63, 3.8) is 0 Å².